The standard InChI is InChI=1S/C22H22Cl2N2O3/c23-16-3-4-17-15(12-16)2-5-19(17)25-13-14-1-6-20(18(24)11-14)29-10-9-26-21(27)7-8-22(26)28/h1,3-4,6,11-12,19,25H,2,5,7-10,13H2. The Morgan fingerprint density at radius 3 is 2.59 bits per heavy atom. The molecule has 1 N–H and O–H groups in total. The molecule has 1 aliphatic carbocycles. The molecule has 0 radical (unpaired) electrons. The van der Waals surface area contributed by atoms with Crippen LogP contribution in [0.25, 0.3) is 0 Å². The third-order valence-electron chi connectivity index (χ3n) is 5.46. The molecule has 152 valence electrons. The molecule has 0 spiro atoms. The van der Waals surface area contributed by atoms with Crippen molar-refractivity contribution in [1.82, 2.24) is 10.2 Å². The van der Waals surface area contributed by atoms with E-state index in [2.05, 4.69) is 11.4 Å². The Labute approximate surface area is 179 Å². The Morgan fingerprint density at radius 2 is 1.83 bits per heavy atom. The van der Waals surface area contributed by atoms with Gasteiger partial charge in [-0.2, -0.15) is 0 Å². The largest absolute Gasteiger partial charge is 0.490 e. The lowest BCUT2D eigenvalue weighted by Gasteiger charge is -2.16. The number of rotatable bonds is 7. The average Bonchev–Trinajstić information content (AvgIpc) is 3.24. The van der Waals surface area contributed by atoms with Crippen molar-refractivity contribution in [2.45, 2.75) is 38.3 Å². The monoisotopic (exact) mass is 432 g/mol. The van der Waals surface area contributed by atoms with Gasteiger partial charge in [0.1, 0.15) is 12.4 Å². The Morgan fingerprint density at radius 1 is 1.03 bits per heavy atom. The van der Waals surface area contributed by atoms with E-state index in [0.29, 0.717) is 36.2 Å². The second-order valence-electron chi connectivity index (χ2n) is 7.37. The van der Waals surface area contributed by atoms with Crippen LogP contribution in [0.3, 0.4) is 0 Å². The molecule has 1 unspecified atom stereocenters. The van der Waals surface area contributed by atoms with Gasteiger partial charge in [-0.1, -0.05) is 35.3 Å². The van der Waals surface area contributed by atoms with E-state index in [1.54, 1.807) is 0 Å². The number of amides is 2. The number of nitrogens with one attached hydrogen (secondary N) is 1. The first-order chi connectivity index (χ1) is 14.0. The van der Waals surface area contributed by atoms with Gasteiger partial charge in [-0.05, 0) is 53.8 Å². The first kappa shape index (κ1) is 20.2. The van der Waals surface area contributed by atoms with Crippen LogP contribution in [0.5, 0.6) is 5.75 Å². The molecular formula is C22H22Cl2N2O3. The van der Waals surface area contributed by atoms with Gasteiger partial charge in [0.15, 0.2) is 0 Å². The van der Waals surface area contributed by atoms with Crippen molar-refractivity contribution in [3.05, 3.63) is 63.1 Å². The number of fused-ring (bicyclic) bond motifs is 1. The minimum Gasteiger partial charge on any atom is -0.490 e. The molecule has 2 aromatic carbocycles. The normalized spacial score (nSPS) is 18.4. The summed E-state index contributed by atoms with van der Waals surface area (Å²) in [5.74, 6) is 0.277. The highest BCUT2D eigenvalue weighted by Gasteiger charge is 2.28. The van der Waals surface area contributed by atoms with Crippen LogP contribution in [0.4, 0.5) is 0 Å². The van der Waals surface area contributed by atoms with E-state index in [0.717, 1.165) is 23.4 Å². The maximum atomic E-state index is 11.6. The summed E-state index contributed by atoms with van der Waals surface area (Å²) in [4.78, 5) is 24.5. The molecule has 2 aromatic rings. The van der Waals surface area contributed by atoms with Crippen LogP contribution in [0.15, 0.2) is 36.4 Å². The quantitative estimate of drug-likeness (QED) is 0.662. The lowest BCUT2D eigenvalue weighted by molar-refractivity contribution is -0.138. The van der Waals surface area contributed by atoms with Crippen LogP contribution in [0.2, 0.25) is 10.0 Å². The van der Waals surface area contributed by atoms with Crippen molar-refractivity contribution in [2.24, 2.45) is 0 Å². The highest BCUT2D eigenvalue weighted by Crippen LogP contribution is 2.33. The van der Waals surface area contributed by atoms with Crippen LogP contribution < -0.4 is 10.1 Å². The summed E-state index contributed by atoms with van der Waals surface area (Å²) < 4.78 is 5.68. The van der Waals surface area contributed by atoms with Crippen LogP contribution in [-0.2, 0) is 22.6 Å². The molecule has 1 atom stereocenters. The molecule has 2 aliphatic rings. The van der Waals surface area contributed by atoms with Gasteiger partial charge in [0.2, 0.25) is 11.8 Å². The number of hydrogen-bond acceptors (Lipinski definition) is 4. The predicted octanol–water partition coefficient (Wildman–Crippen LogP) is 4.30. The van der Waals surface area contributed by atoms with Crippen molar-refractivity contribution in [1.29, 1.82) is 0 Å². The number of ether oxygens (including phenoxy) is 1. The number of hydrogen-bond donors (Lipinski definition) is 1. The third kappa shape index (κ3) is 4.58. The Hall–Kier alpha value is -2.08. The predicted molar refractivity (Wildman–Crippen MR) is 112 cm³/mol. The Balaban J connectivity index is 1.30. The zero-order chi connectivity index (χ0) is 20.4. The van der Waals surface area contributed by atoms with Crippen molar-refractivity contribution in [2.75, 3.05) is 13.2 Å². The molecular weight excluding hydrogens is 411 g/mol. The van der Waals surface area contributed by atoms with Gasteiger partial charge in [0, 0.05) is 30.5 Å². The van der Waals surface area contributed by atoms with Crippen LogP contribution >= 0.6 is 23.2 Å². The number of benzene rings is 2. The van der Waals surface area contributed by atoms with E-state index < -0.39 is 0 Å². The summed E-state index contributed by atoms with van der Waals surface area (Å²) in [6.07, 6.45) is 2.67. The molecule has 4 rings (SSSR count). The number of aryl methyl sites for hydroxylation is 1. The maximum Gasteiger partial charge on any atom is 0.229 e. The number of imide groups is 1. The Bertz CT molecular complexity index is 932. The molecule has 1 fully saturated rings. The summed E-state index contributed by atoms with van der Waals surface area (Å²) >= 11 is 12.4. The summed E-state index contributed by atoms with van der Waals surface area (Å²) in [6.45, 7) is 1.18. The SMILES string of the molecule is O=C1CCC(=O)N1CCOc1ccc(CNC2CCc3cc(Cl)ccc32)cc1Cl. The first-order valence-corrected chi connectivity index (χ1v) is 10.5. The first-order valence-electron chi connectivity index (χ1n) is 9.77. The van der Waals surface area contributed by atoms with E-state index >= 15 is 0 Å². The number of carbonyl (C=O) groups excluding carboxylic acids is 2. The van der Waals surface area contributed by atoms with Gasteiger partial charge in [-0.15, -0.1) is 0 Å². The van der Waals surface area contributed by atoms with Gasteiger partial charge >= 0.3 is 0 Å². The number of likely N-dealkylation sites (tertiary alicyclic amines) is 1. The molecule has 7 heteroatoms. The van der Waals surface area contributed by atoms with Crippen LogP contribution in [0, 0.1) is 0 Å². The zero-order valence-corrected chi connectivity index (χ0v) is 17.4. The Kier molecular flexibility index (Phi) is 6.09. The number of carbonyl (C=O) groups is 2. The van der Waals surface area contributed by atoms with E-state index in [9.17, 15) is 9.59 Å². The molecule has 0 aromatic heterocycles. The summed E-state index contributed by atoms with van der Waals surface area (Å²) in [6, 6.07) is 12.1. The second-order valence-corrected chi connectivity index (χ2v) is 8.21. The van der Waals surface area contributed by atoms with Gasteiger partial charge in [0.05, 0.1) is 11.6 Å². The number of halogens is 2. The fraction of sp³-hybridized carbons (Fsp3) is 0.364. The molecule has 1 aliphatic heterocycles. The van der Waals surface area contributed by atoms with Crippen molar-refractivity contribution in [3.8, 4) is 5.75 Å². The molecule has 29 heavy (non-hydrogen) atoms. The molecule has 0 saturated carbocycles. The van der Waals surface area contributed by atoms with Gasteiger partial charge in [-0.3, -0.25) is 14.5 Å². The number of nitrogens with zero attached hydrogens (tertiary/aromatic N) is 1. The van der Waals surface area contributed by atoms with Crippen molar-refractivity contribution < 1.29 is 14.3 Å². The molecule has 1 heterocycles. The lowest BCUT2D eigenvalue weighted by Crippen LogP contribution is -2.33. The van der Waals surface area contributed by atoms with Crippen molar-refractivity contribution >= 4 is 35.0 Å². The van der Waals surface area contributed by atoms with E-state index in [1.165, 1.54) is 16.0 Å². The summed E-state index contributed by atoms with van der Waals surface area (Å²) in [5.41, 5.74) is 3.69. The van der Waals surface area contributed by atoms with Gasteiger partial charge in [-0.25, -0.2) is 0 Å². The zero-order valence-electron chi connectivity index (χ0n) is 15.9. The van der Waals surface area contributed by atoms with E-state index in [1.807, 2.05) is 30.3 Å². The van der Waals surface area contributed by atoms with E-state index in [-0.39, 0.29) is 25.0 Å². The van der Waals surface area contributed by atoms with Crippen LogP contribution in [-0.4, -0.2) is 29.9 Å². The van der Waals surface area contributed by atoms with Crippen LogP contribution in [0.1, 0.15) is 42.0 Å². The lowest BCUT2D eigenvalue weighted by atomic mass is 10.1. The minimum atomic E-state index is -0.137. The van der Waals surface area contributed by atoms with Gasteiger partial charge in [0.25, 0.3) is 0 Å². The second kappa shape index (κ2) is 8.74. The average molecular weight is 433 g/mol. The highest BCUT2D eigenvalue weighted by molar-refractivity contribution is 6.32. The summed E-state index contributed by atoms with van der Waals surface area (Å²) in [5, 5.41) is 4.88. The molecule has 5 nitrogen and oxygen atoms in total. The smallest absolute Gasteiger partial charge is 0.229 e. The molecule has 0 bridgehead atoms. The van der Waals surface area contributed by atoms with Gasteiger partial charge < -0.3 is 10.1 Å². The third-order valence-corrected chi connectivity index (χ3v) is 5.99. The maximum absolute atomic E-state index is 11.6. The fourth-order valence-electron chi connectivity index (χ4n) is 3.93. The minimum absolute atomic E-state index is 0.137. The van der Waals surface area contributed by atoms with E-state index in [4.69, 9.17) is 27.9 Å². The topological polar surface area (TPSA) is 58.6 Å². The molecule has 1 saturated heterocycles. The summed E-state index contributed by atoms with van der Waals surface area (Å²) in [7, 11) is 0. The molecule has 2 amide bonds. The van der Waals surface area contributed by atoms with Crippen molar-refractivity contribution in [3.63, 3.8) is 0 Å². The fourth-order valence-corrected chi connectivity index (χ4v) is 4.38. The highest BCUT2D eigenvalue weighted by atomic mass is 35.5.